The van der Waals surface area contributed by atoms with Crippen LogP contribution in [0.25, 0.3) is 0 Å². The third kappa shape index (κ3) is 5.22. The van der Waals surface area contributed by atoms with Crippen LogP contribution in [0, 0.1) is 6.92 Å². The van der Waals surface area contributed by atoms with Crippen molar-refractivity contribution in [3.63, 3.8) is 0 Å². The molecule has 1 atom stereocenters. The van der Waals surface area contributed by atoms with Crippen molar-refractivity contribution in [3.05, 3.63) is 47.0 Å². The van der Waals surface area contributed by atoms with Gasteiger partial charge < -0.3 is 28.7 Å². The summed E-state index contributed by atoms with van der Waals surface area (Å²) in [6, 6.07) is 9.71. The molecule has 0 aromatic heterocycles. The van der Waals surface area contributed by atoms with Crippen molar-refractivity contribution in [2.24, 2.45) is 0 Å². The molecule has 2 aromatic carbocycles. The lowest BCUT2D eigenvalue weighted by atomic mass is 10.1. The Hall–Kier alpha value is -2.93. The number of ether oxygens (including phenoxy) is 4. The molecule has 7 heteroatoms. The molecule has 0 radical (unpaired) electrons. The molecule has 2 aromatic rings. The molecular formula is C24H32N2O5. The van der Waals surface area contributed by atoms with Gasteiger partial charge in [-0.3, -0.25) is 4.79 Å². The summed E-state index contributed by atoms with van der Waals surface area (Å²) in [6.45, 7) is 3.73. The molecule has 0 aliphatic carbocycles. The van der Waals surface area contributed by atoms with Crippen LogP contribution in [0.15, 0.2) is 30.3 Å². The van der Waals surface area contributed by atoms with E-state index < -0.39 is 0 Å². The van der Waals surface area contributed by atoms with Gasteiger partial charge in [-0.25, -0.2) is 0 Å². The van der Waals surface area contributed by atoms with Gasteiger partial charge in [0.25, 0.3) is 0 Å². The first-order valence-electron chi connectivity index (χ1n) is 10.3. The molecule has 0 unspecified atom stereocenters. The summed E-state index contributed by atoms with van der Waals surface area (Å²) < 4.78 is 22.4. The fourth-order valence-corrected chi connectivity index (χ4v) is 3.94. The molecule has 0 fully saturated rings. The fraction of sp³-hybridized carbons (Fsp3) is 0.458. The molecule has 1 aliphatic heterocycles. The highest BCUT2D eigenvalue weighted by Gasteiger charge is 2.29. The standard InChI is InChI=1S/C24H32N2O5/c1-16-7-8-20-18(9-16)13-26(19(15-31-20)14-25(2)3)23(27)12-17-10-21(28-4)24(30-6)22(11-17)29-5/h7-11,19H,12-15H2,1-6H3/t19-/m0/s1. The van der Waals surface area contributed by atoms with Crippen LogP contribution in [-0.4, -0.2) is 70.3 Å². The monoisotopic (exact) mass is 428 g/mol. The lowest BCUT2D eigenvalue weighted by molar-refractivity contribution is -0.134. The molecule has 3 rings (SSSR count). The number of benzene rings is 2. The van der Waals surface area contributed by atoms with E-state index in [4.69, 9.17) is 18.9 Å². The summed E-state index contributed by atoms with van der Waals surface area (Å²) in [4.78, 5) is 17.5. The molecule has 1 amide bonds. The zero-order valence-corrected chi connectivity index (χ0v) is 19.2. The van der Waals surface area contributed by atoms with Crippen molar-refractivity contribution in [1.82, 2.24) is 9.80 Å². The van der Waals surface area contributed by atoms with E-state index in [1.165, 1.54) is 0 Å². The van der Waals surface area contributed by atoms with Crippen LogP contribution in [0.3, 0.4) is 0 Å². The number of hydrogen-bond donors (Lipinski definition) is 0. The first kappa shape index (κ1) is 22.7. The van der Waals surface area contributed by atoms with Gasteiger partial charge in [-0.1, -0.05) is 17.7 Å². The van der Waals surface area contributed by atoms with Crippen LogP contribution in [0.5, 0.6) is 23.0 Å². The minimum absolute atomic E-state index is 0.0269. The van der Waals surface area contributed by atoms with E-state index >= 15 is 0 Å². The smallest absolute Gasteiger partial charge is 0.227 e. The van der Waals surface area contributed by atoms with Gasteiger partial charge in [0.05, 0.1) is 33.8 Å². The highest BCUT2D eigenvalue weighted by molar-refractivity contribution is 5.80. The van der Waals surface area contributed by atoms with Crippen LogP contribution in [0.2, 0.25) is 0 Å². The number of methoxy groups -OCH3 is 3. The SMILES string of the molecule is COc1cc(CC(=O)N2Cc3cc(C)ccc3OC[C@@H]2CN(C)C)cc(OC)c1OC. The average Bonchev–Trinajstić information content (AvgIpc) is 2.91. The lowest BCUT2D eigenvalue weighted by Gasteiger charge is -2.31. The minimum atomic E-state index is -0.0581. The molecule has 1 aliphatic rings. The number of aryl methyl sites for hydroxylation is 1. The summed E-state index contributed by atoms with van der Waals surface area (Å²) in [5.41, 5.74) is 2.97. The number of likely N-dealkylation sites (N-methyl/N-ethyl adjacent to an activating group) is 1. The number of hydrogen-bond acceptors (Lipinski definition) is 6. The van der Waals surface area contributed by atoms with E-state index in [-0.39, 0.29) is 18.4 Å². The first-order chi connectivity index (χ1) is 14.9. The number of fused-ring (bicyclic) bond motifs is 1. The molecule has 0 spiro atoms. The highest BCUT2D eigenvalue weighted by atomic mass is 16.5. The summed E-state index contributed by atoms with van der Waals surface area (Å²) in [7, 11) is 8.71. The zero-order valence-electron chi connectivity index (χ0n) is 19.2. The Bertz CT molecular complexity index is 903. The number of carbonyl (C=O) groups is 1. The molecule has 168 valence electrons. The predicted molar refractivity (Wildman–Crippen MR) is 119 cm³/mol. The molecule has 0 N–H and O–H groups in total. The van der Waals surface area contributed by atoms with Crippen LogP contribution >= 0.6 is 0 Å². The Labute approximate surface area is 184 Å². The maximum absolute atomic E-state index is 13.5. The van der Waals surface area contributed by atoms with Crippen molar-refractivity contribution in [1.29, 1.82) is 0 Å². The zero-order chi connectivity index (χ0) is 22.5. The lowest BCUT2D eigenvalue weighted by Crippen LogP contribution is -2.47. The first-order valence-corrected chi connectivity index (χ1v) is 10.3. The van der Waals surface area contributed by atoms with Crippen LogP contribution in [0.1, 0.15) is 16.7 Å². The Morgan fingerprint density at radius 2 is 1.77 bits per heavy atom. The topological polar surface area (TPSA) is 60.5 Å². The number of carbonyl (C=O) groups excluding carboxylic acids is 1. The third-order valence-electron chi connectivity index (χ3n) is 5.40. The molecule has 0 bridgehead atoms. The normalized spacial score (nSPS) is 15.7. The second-order valence-corrected chi connectivity index (χ2v) is 8.07. The van der Waals surface area contributed by atoms with E-state index in [9.17, 15) is 4.79 Å². The van der Waals surface area contributed by atoms with Crippen LogP contribution in [0.4, 0.5) is 0 Å². The summed E-state index contributed by atoms with van der Waals surface area (Å²) in [6.07, 6.45) is 0.224. The Morgan fingerprint density at radius 1 is 1.10 bits per heavy atom. The van der Waals surface area contributed by atoms with Crippen LogP contribution in [-0.2, 0) is 17.8 Å². The van der Waals surface area contributed by atoms with Crippen molar-refractivity contribution in [2.45, 2.75) is 25.9 Å². The van der Waals surface area contributed by atoms with Gasteiger partial charge in [-0.15, -0.1) is 0 Å². The van der Waals surface area contributed by atoms with E-state index in [1.807, 2.05) is 50.2 Å². The van der Waals surface area contributed by atoms with Gasteiger partial charge in [0.2, 0.25) is 11.7 Å². The highest BCUT2D eigenvalue weighted by Crippen LogP contribution is 2.38. The molecule has 0 saturated heterocycles. The van der Waals surface area contributed by atoms with Gasteiger partial charge in [0, 0.05) is 18.7 Å². The quantitative estimate of drug-likeness (QED) is 0.676. The van der Waals surface area contributed by atoms with Crippen molar-refractivity contribution in [2.75, 3.05) is 48.6 Å². The largest absolute Gasteiger partial charge is 0.493 e. The van der Waals surface area contributed by atoms with E-state index in [0.717, 1.165) is 22.4 Å². The van der Waals surface area contributed by atoms with Gasteiger partial charge in [0.1, 0.15) is 12.4 Å². The third-order valence-corrected chi connectivity index (χ3v) is 5.40. The van der Waals surface area contributed by atoms with Crippen molar-refractivity contribution < 1.29 is 23.7 Å². The van der Waals surface area contributed by atoms with Crippen LogP contribution < -0.4 is 18.9 Å². The van der Waals surface area contributed by atoms with Gasteiger partial charge in [0.15, 0.2) is 11.5 Å². The number of amides is 1. The van der Waals surface area contributed by atoms with Crippen molar-refractivity contribution in [3.8, 4) is 23.0 Å². The Morgan fingerprint density at radius 3 is 2.35 bits per heavy atom. The summed E-state index contributed by atoms with van der Waals surface area (Å²) in [5.74, 6) is 2.46. The number of nitrogens with zero attached hydrogens (tertiary/aromatic N) is 2. The summed E-state index contributed by atoms with van der Waals surface area (Å²) in [5, 5.41) is 0. The molecule has 7 nitrogen and oxygen atoms in total. The van der Waals surface area contributed by atoms with Gasteiger partial charge in [-0.2, -0.15) is 0 Å². The molecule has 0 saturated carbocycles. The Balaban J connectivity index is 1.91. The van der Waals surface area contributed by atoms with E-state index in [1.54, 1.807) is 21.3 Å². The average molecular weight is 429 g/mol. The fourth-order valence-electron chi connectivity index (χ4n) is 3.94. The maximum Gasteiger partial charge on any atom is 0.227 e. The maximum atomic E-state index is 13.5. The second-order valence-electron chi connectivity index (χ2n) is 8.07. The summed E-state index contributed by atoms with van der Waals surface area (Å²) >= 11 is 0. The molecule has 1 heterocycles. The van der Waals surface area contributed by atoms with Gasteiger partial charge in [-0.05, 0) is 44.8 Å². The minimum Gasteiger partial charge on any atom is -0.493 e. The Kier molecular flexibility index (Phi) is 7.28. The number of rotatable bonds is 7. The van der Waals surface area contributed by atoms with E-state index in [2.05, 4.69) is 11.0 Å². The molecular weight excluding hydrogens is 396 g/mol. The predicted octanol–water partition coefficient (Wildman–Crippen LogP) is 2.91. The van der Waals surface area contributed by atoms with E-state index in [0.29, 0.717) is 36.9 Å². The molecule has 31 heavy (non-hydrogen) atoms. The van der Waals surface area contributed by atoms with Crippen molar-refractivity contribution >= 4 is 5.91 Å². The van der Waals surface area contributed by atoms with Gasteiger partial charge >= 0.3 is 0 Å². The second kappa shape index (κ2) is 9.92.